The number of halogens is 2. The fourth-order valence-electron chi connectivity index (χ4n) is 2.33. The summed E-state index contributed by atoms with van der Waals surface area (Å²) in [6, 6.07) is 9.66. The lowest BCUT2D eigenvalue weighted by Crippen LogP contribution is -2.22. The van der Waals surface area contributed by atoms with Crippen molar-refractivity contribution in [1.82, 2.24) is 4.31 Å². The van der Waals surface area contributed by atoms with E-state index < -0.39 is 22.6 Å². The maximum absolute atomic E-state index is 12.5. The van der Waals surface area contributed by atoms with Gasteiger partial charge in [-0.2, -0.15) is 8.78 Å². The Morgan fingerprint density at radius 2 is 1.83 bits per heavy atom. The first-order valence-corrected chi connectivity index (χ1v) is 9.99. The van der Waals surface area contributed by atoms with Crippen molar-refractivity contribution >= 4 is 16.0 Å². The summed E-state index contributed by atoms with van der Waals surface area (Å²) in [4.78, 5) is 12.3. The standard InChI is InChI=1S/C19H21F2NO6S/c1-4-26-17-10-13(8-9-16(17)28-19(20)21)12-27-18(23)14-6-5-7-15(11-14)29(24,25)22(2)3/h5-11,19H,4,12H2,1-3H3. The van der Waals surface area contributed by atoms with Crippen LogP contribution in [-0.2, 0) is 21.4 Å². The van der Waals surface area contributed by atoms with Crippen LogP contribution in [0.15, 0.2) is 47.4 Å². The van der Waals surface area contributed by atoms with Gasteiger partial charge in [-0.1, -0.05) is 12.1 Å². The van der Waals surface area contributed by atoms with E-state index in [0.717, 1.165) is 4.31 Å². The van der Waals surface area contributed by atoms with E-state index in [9.17, 15) is 22.0 Å². The Morgan fingerprint density at radius 1 is 1.10 bits per heavy atom. The number of hydrogen-bond donors (Lipinski definition) is 0. The Labute approximate surface area is 167 Å². The zero-order valence-corrected chi connectivity index (χ0v) is 16.9. The van der Waals surface area contributed by atoms with Gasteiger partial charge >= 0.3 is 12.6 Å². The fraction of sp³-hybridized carbons (Fsp3) is 0.316. The van der Waals surface area contributed by atoms with Gasteiger partial charge in [-0.3, -0.25) is 0 Å². The number of alkyl halides is 2. The smallest absolute Gasteiger partial charge is 0.387 e. The van der Waals surface area contributed by atoms with E-state index in [0.29, 0.717) is 5.56 Å². The number of benzene rings is 2. The van der Waals surface area contributed by atoms with Gasteiger partial charge in [-0.05, 0) is 42.8 Å². The first-order valence-electron chi connectivity index (χ1n) is 8.55. The van der Waals surface area contributed by atoms with Gasteiger partial charge in [0.05, 0.1) is 17.1 Å². The minimum atomic E-state index is -3.69. The van der Waals surface area contributed by atoms with E-state index in [4.69, 9.17) is 9.47 Å². The lowest BCUT2D eigenvalue weighted by Gasteiger charge is -2.13. The Bertz CT molecular complexity index is 963. The van der Waals surface area contributed by atoms with Crippen LogP contribution >= 0.6 is 0 Å². The molecule has 0 radical (unpaired) electrons. The molecule has 0 bridgehead atoms. The van der Waals surface area contributed by atoms with Crippen LogP contribution in [0, 0.1) is 0 Å². The molecule has 10 heteroatoms. The number of carbonyl (C=O) groups is 1. The molecular weight excluding hydrogens is 408 g/mol. The molecule has 0 atom stereocenters. The van der Waals surface area contributed by atoms with E-state index in [1.807, 2.05) is 0 Å². The van der Waals surface area contributed by atoms with Crippen LogP contribution in [0.4, 0.5) is 8.78 Å². The maximum atomic E-state index is 12.5. The second-order valence-corrected chi connectivity index (χ2v) is 8.14. The van der Waals surface area contributed by atoms with Crippen molar-refractivity contribution in [1.29, 1.82) is 0 Å². The Hall–Kier alpha value is -2.72. The largest absolute Gasteiger partial charge is 0.490 e. The molecule has 0 unspecified atom stereocenters. The van der Waals surface area contributed by atoms with Crippen molar-refractivity contribution < 1.29 is 36.2 Å². The highest BCUT2D eigenvalue weighted by molar-refractivity contribution is 7.89. The minimum Gasteiger partial charge on any atom is -0.490 e. The van der Waals surface area contributed by atoms with Gasteiger partial charge < -0.3 is 14.2 Å². The van der Waals surface area contributed by atoms with Gasteiger partial charge in [0.15, 0.2) is 11.5 Å². The van der Waals surface area contributed by atoms with Crippen LogP contribution in [0.5, 0.6) is 11.5 Å². The van der Waals surface area contributed by atoms with Crippen LogP contribution in [0.2, 0.25) is 0 Å². The van der Waals surface area contributed by atoms with Gasteiger partial charge in [0, 0.05) is 14.1 Å². The Morgan fingerprint density at radius 3 is 2.45 bits per heavy atom. The maximum Gasteiger partial charge on any atom is 0.387 e. The lowest BCUT2D eigenvalue weighted by atomic mass is 10.2. The molecule has 0 saturated carbocycles. The first-order chi connectivity index (χ1) is 13.6. The summed E-state index contributed by atoms with van der Waals surface area (Å²) in [7, 11) is -0.920. The molecule has 29 heavy (non-hydrogen) atoms. The Balaban J connectivity index is 2.14. The van der Waals surface area contributed by atoms with Crippen molar-refractivity contribution in [2.75, 3.05) is 20.7 Å². The molecule has 0 spiro atoms. The number of hydrogen-bond acceptors (Lipinski definition) is 6. The molecular formula is C19H21F2NO6S. The quantitative estimate of drug-likeness (QED) is 0.569. The summed E-state index contributed by atoms with van der Waals surface area (Å²) in [6.07, 6.45) is 0. The molecule has 158 valence electrons. The van der Waals surface area contributed by atoms with Crippen molar-refractivity contribution in [2.45, 2.75) is 25.0 Å². The monoisotopic (exact) mass is 429 g/mol. The number of nitrogens with zero attached hydrogens (tertiary/aromatic N) is 1. The number of rotatable bonds is 9. The summed E-state index contributed by atoms with van der Waals surface area (Å²) in [6.45, 7) is -1.24. The van der Waals surface area contributed by atoms with E-state index in [1.54, 1.807) is 6.92 Å². The average molecular weight is 429 g/mol. The lowest BCUT2D eigenvalue weighted by molar-refractivity contribution is -0.0514. The molecule has 0 aliphatic carbocycles. The molecule has 2 rings (SSSR count). The summed E-state index contributed by atoms with van der Waals surface area (Å²) < 4.78 is 65.2. The first kappa shape index (κ1) is 22.6. The summed E-state index contributed by atoms with van der Waals surface area (Å²) in [5.41, 5.74) is 0.552. The molecule has 0 aliphatic rings. The van der Waals surface area contributed by atoms with Crippen molar-refractivity contribution in [3.05, 3.63) is 53.6 Å². The molecule has 0 heterocycles. The summed E-state index contributed by atoms with van der Waals surface area (Å²) >= 11 is 0. The second-order valence-electron chi connectivity index (χ2n) is 5.98. The third-order valence-corrected chi connectivity index (χ3v) is 5.55. The zero-order valence-electron chi connectivity index (χ0n) is 16.1. The van der Waals surface area contributed by atoms with E-state index in [2.05, 4.69) is 4.74 Å². The molecule has 0 aromatic heterocycles. The molecule has 2 aromatic carbocycles. The summed E-state index contributed by atoms with van der Waals surface area (Å²) in [5, 5.41) is 0. The average Bonchev–Trinajstić information content (AvgIpc) is 2.67. The third-order valence-electron chi connectivity index (χ3n) is 3.74. The van der Waals surface area contributed by atoms with Gasteiger partial charge in [0.2, 0.25) is 10.0 Å². The van der Waals surface area contributed by atoms with Crippen molar-refractivity contribution in [3.63, 3.8) is 0 Å². The molecule has 7 nitrogen and oxygen atoms in total. The van der Waals surface area contributed by atoms with Crippen molar-refractivity contribution in [3.8, 4) is 11.5 Å². The SMILES string of the molecule is CCOc1cc(COC(=O)c2cccc(S(=O)(=O)N(C)C)c2)ccc1OC(F)F. The van der Waals surface area contributed by atoms with Crippen LogP contribution in [0.3, 0.4) is 0 Å². The molecule has 0 fully saturated rings. The highest BCUT2D eigenvalue weighted by Crippen LogP contribution is 2.30. The van der Waals surface area contributed by atoms with E-state index in [1.165, 1.54) is 56.6 Å². The minimum absolute atomic E-state index is 0.0379. The molecule has 0 N–H and O–H groups in total. The fourth-order valence-corrected chi connectivity index (χ4v) is 3.28. The van der Waals surface area contributed by atoms with Crippen LogP contribution < -0.4 is 9.47 Å². The number of carbonyl (C=O) groups excluding carboxylic acids is 1. The summed E-state index contributed by atoms with van der Waals surface area (Å²) in [5.74, 6) is -0.759. The molecule has 0 aliphatic heterocycles. The second kappa shape index (κ2) is 9.66. The predicted molar refractivity (Wildman–Crippen MR) is 101 cm³/mol. The normalized spacial score (nSPS) is 11.6. The van der Waals surface area contributed by atoms with Crippen LogP contribution in [-0.4, -0.2) is 46.0 Å². The number of sulfonamides is 1. The predicted octanol–water partition coefficient (Wildman–Crippen LogP) is 3.29. The van der Waals surface area contributed by atoms with E-state index in [-0.39, 0.29) is 35.2 Å². The number of esters is 1. The highest BCUT2D eigenvalue weighted by atomic mass is 32.2. The Kier molecular flexibility index (Phi) is 7.52. The molecule has 2 aromatic rings. The highest BCUT2D eigenvalue weighted by Gasteiger charge is 2.19. The zero-order chi connectivity index (χ0) is 21.6. The van der Waals surface area contributed by atoms with Gasteiger partial charge in [0.1, 0.15) is 6.61 Å². The van der Waals surface area contributed by atoms with E-state index >= 15 is 0 Å². The topological polar surface area (TPSA) is 82.1 Å². The molecule has 0 saturated heterocycles. The van der Waals surface area contributed by atoms with Crippen LogP contribution in [0.25, 0.3) is 0 Å². The van der Waals surface area contributed by atoms with Gasteiger partial charge in [-0.25, -0.2) is 17.5 Å². The van der Waals surface area contributed by atoms with Gasteiger partial charge in [0.25, 0.3) is 0 Å². The van der Waals surface area contributed by atoms with Crippen LogP contribution in [0.1, 0.15) is 22.8 Å². The number of ether oxygens (including phenoxy) is 3. The molecule has 0 amide bonds. The third kappa shape index (κ3) is 5.88. The van der Waals surface area contributed by atoms with Gasteiger partial charge in [-0.15, -0.1) is 0 Å². The van der Waals surface area contributed by atoms with Crippen molar-refractivity contribution in [2.24, 2.45) is 0 Å².